The molecule has 6 heteroatoms. The van der Waals surface area contributed by atoms with Crippen LogP contribution >= 0.6 is 11.8 Å². The Morgan fingerprint density at radius 3 is 2.17 bits per heavy atom. The van der Waals surface area contributed by atoms with Crippen LogP contribution < -0.4 is 5.32 Å². The van der Waals surface area contributed by atoms with Gasteiger partial charge in [-0.2, -0.15) is 0 Å². The van der Waals surface area contributed by atoms with Gasteiger partial charge >= 0.3 is 0 Å². The Morgan fingerprint density at radius 2 is 1.45 bits per heavy atom. The third-order valence-electron chi connectivity index (χ3n) is 6.35. The van der Waals surface area contributed by atoms with Crippen LogP contribution in [0.5, 0.6) is 0 Å². The number of aromatic nitrogens is 2. The molecule has 7 rings (SSSR count). The molecule has 1 unspecified atom stereocenters. The van der Waals surface area contributed by atoms with E-state index in [1.807, 2.05) is 36.0 Å². The molecule has 2 aliphatic rings. The quantitative estimate of drug-likeness (QED) is 0.374. The van der Waals surface area contributed by atoms with Crippen LogP contribution in [-0.4, -0.2) is 20.9 Å². The highest BCUT2D eigenvalue weighted by molar-refractivity contribution is 7.98. The van der Waals surface area contributed by atoms with Gasteiger partial charge in [0.1, 0.15) is 0 Å². The second-order valence-corrected chi connectivity index (χ2v) is 8.98. The maximum atomic E-state index is 13.0. The van der Waals surface area contributed by atoms with Crippen molar-refractivity contribution < 1.29 is 9.59 Å². The summed E-state index contributed by atoms with van der Waals surface area (Å²) < 4.78 is 4.66. The molecule has 0 aliphatic carbocycles. The third-order valence-corrected chi connectivity index (χ3v) is 7.45. The molecule has 0 saturated heterocycles. The number of hydrogen-bond donors (Lipinski definition) is 1. The van der Waals surface area contributed by atoms with E-state index in [0.717, 1.165) is 49.5 Å². The molecule has 2 aliphatic heterocycles. The van der Waals surface area contributed by atoms with Crippen LogP contribution in [0.3, 0.4) is 0 Å². The van der Waals surface area contributed by atoms with Gasteiger partial charge < -0.3 is 9.13 Å². The van der Waals surface area contributed by atoms with E-state index >= 15 is 0 Å². The lowest BCUT2D eigenvalue weighted by Gasteiger charge is -2.14. The van der Waals surface area contributed by atoms with E-state index in [4.69, 9.17) is 0 Å². The molecule has 29 heavy (non-hydrogen) atoms. The van der Waals surface area contributed by atoms with Gasteiger partial charge in [-0.1, -0.05) is 36.4 Å². The fraction of sp³-hybridized carbons (Fsp3) is 0.130. The van der Waals surface area contributed by atoms with E-state index in [9.17, 15) is 9.59 Å². The van der Waals surface area contributed by atoms with Crippen LogP contribution in [0.4, 0.5) is 0 Å². The molecule has 5 aromatic rings. The van der Waals surface area contributed by atoms with Gasteiger partial charge in [-0.25, -0.2) is 0 Å². The molecule has 3 aromatic carbocycles. The zero-order valence-corrected chi connectivity index (χ0v) is 16.3. The van der Waals surface area contributed by atoms with Crippen LogP contribution in [-0.2, 0) is 5.88 Å². The standard InChI is InChI=1S/C23H15N3O2S/c1-11-26-15-9-5-3-7-13(15)17-19-18(22(27)24-23(19)28)16-12-6-2-4-8-14(12)25(10-29-11)20(16)21(17)26/h2-9,11H,10H2,1H3,(H,24,27,28). The lowest BCUT2D eigenvalue weighted by atomic mass is 9.96. The molecule has 0 fully saturated rings. The first-order valence-corrected chi connectivity index (χ1v) is 10.7. The summed E-state index contributed by atoms with van der Waals surface area (Å²) in [6, 6.07) is 16.4. The monoisotopic (exact) mass is 397 g/mol. The lowest BCUT2D eigenvalue weighted by molar-refractivity contribution is 0.0880. The molecule has 0 spiro atoms. The van der Waals surface area contributed by atoms with Crippen molar-refractivity contribution in [2.24, 2.45) is 0 Å². The highest BCUT2D eigenvalue weighted by atomic mass is 32.2. The van der Waals surface area contributed by atoms with E-state index in [2.05, 4.69) is 45.6 Å². The summed E-state index contributed by atoms with van der Waals surface area (Å²) in [6.07, 6.45) is 0. The van der Waals surface area contributed by atoms with Gasteiger partial charge in [-0.3, -0.25) is 14.9 Å². The second-order valence-electron chi connectivity index (χ2n) is 7.71. The van der Waals surface area contributed by atoms with Crippen molar-refractivity contribution >= 4 is 67.2 Å². The molecule has 140 valence electrons. The lowest BCUT2D eigenvalue weighted by Crippen LogP contribution is -2.20. The molecule has 2 amide bonds. The van der Waals surface area contributed by atoms with Crippen LogP contribution in [0, 0.1) is 0 Å². The summed E-state index contributed by atoms with van der Waals surface area (Å²) in [4.78, 5) is 25.9. The number of amides is 2. The van der Waals surface area contributed by atoms with Gasteiger partial charge in [0.15, 0.2) is 0 Å². The number of carbonyl (C=O) groups is 2. The van der Waals surface area contributed by atoms with Crippen molar-refractivity contribution in [1.29, 1.82) is 0 Å². The summed E-state index contributed by atoms with van der Waals surface area (Å²) in [5, 5.41) is 6.60. The maximum absolute atomic E-state index is 13.0. The van der Waals surface area contributed by atoms with Crippen molar-refractivity contribution in [2.75, 3.05) is 0 Å². The van der Waals surface area contributed by atoms with Gasteiger partial charge in [-0.05, 0) is 19.1 Å². The molecule has 4 heterocycles. The number of imide groups is 1. The summed E-state index contributed by atoms with van der Waals surface area (Å²) >= 11 is 1.86. The summed E-state index contributed by atoms with van der Waals surface area (Å²) in [6.45, 7) is 2.20. The van der Waals surface area contributed by atoms with Crippen molar-refractivity contribution in [3.63, 3.8) is 0 Å². The Morgan fingerprint density at radius 1 is 0.862 bits per heavy atom. The van der Waals surface area contributed by atoms with E-state index in [0.29, 0.717) is 11.1 Å². The minimum absolute atomic E-state index is 0.206. The average molecular weight is 397 g/mol. The molecule has 2 aromatic heterocycles. The number of hydrogen-bond acceptors (Lipinski definition) is 3. The number of nitrogens with zero attached hydrogens (tertiary/aromatic N) is 2. The molecular weight excluding hydrogens is 382 g/mol. The molecule has 1 N–H and O–H groups in total. The Balaban J connectivity index is 1.95. The topological polar surface area (TPSA) is 56.0 Å². The summed E-state index contributed by atoms with van der Waals surface area (Å²) in [5.41, 5.74) is 5.35. The number of nitrogens with one attached hydrogen (secondary N) is 1. The minimum Gasteiger partial charge on any atom is -0.329 e. The first-order chi connectivity index (χ1) is 14.2. The van der Waals surface area contributed by atoms with Gasteiger partial charge in [0.05, 0.1) is 38.9 Å². The van der Waals surface area contributed by atoms with Crippen molar-refractivity contribution in [3.05, 3.63) is 59.7 Å². The van der Waals surface area contributed by atoms with E-state index < -0.39 is 0 Å². The zero-order chi connectivity index (χ0) is 19.4. The molecule has 0 radical (unpaired) electrons. The Labute approximate surface area is 169 Å². The molecule has 0 saturated carbocycles. The Hall–Kier alpha value is -3.25. The highest BCUT2D eigenvalue weighted by Crippen LogP contribution is 2.49. The first kappa shape index (κ1) is 15.6. The van der Waals surface area contributed by atoms with Gasteiger partial charge in [0.2, 0.25) is 0 Å². The predicted octanol–water partition coefficient (Wildman–Crippen LogP) is 5.01. The number of thioether (sulfide) groups is 1. The van der Waals surface area contributed by atoms with E-state index in [1.165, 1.54) is 0 Å². The fourth-order valence-corrected chi connectivity index (χ4v) is 6.25. The van der Waals surface area contributed by atoms with Crippen LogP contribution in [0.25, 0.3) is 43.6 Å². The molecule has 5 nitrogen and oxygen atoms in total. The SMILES string of the molecule is CC1SCn2c3ccccc3c3c4c(c5c6ccccc6n1c5c32)C(=O)NC4=O. The Kier molecular flexibility index (Phi) is 2.71. The van der Waals surface area contributed by atoms with Crippen LogP contribution in [0.2, 0.25) is 0 Å². The maximum Gasteiger partial charge on any atom is 0.259 e. The normalized spacial score (nSPS) is 18.3. The number of rotatable bonds is 0. The van der Waals surface area contributed by atoms with Crippen molar-refractivity contribution in [2.45, 2.75) is 18.2 Å². The minimum atomic E-state index is -0.295. The number of fused-ring (bicyclic) bond motifs is 9. The van der Waals surface area contributed by atoms with Gasteiger partial charge in [-0.15, -0.1) is 11.8 Å². The third kappa shape index (κ3) is 1.66. The van der Waals surface area contributed by atoms with Gasteiger partial charge in [0.25, 0.3) is 11.8 Å². The van der Waals surface area contributed by atoms with Gasteiger partial charge in [0, 0.05) is 27.1 Å². The number of benzene rings is 3. The first-order valence-electron chi connectivity index (χ1n) is 9.63. The van der Waals surface area contributed by atoms with Crippen molar-refractivity contribution in [1.82, 2.24) is 14.5 Å². The highest BCUT2D eigenvalue weighted by Gasteiger charge is 2.37. The Bertz CT molecular complexity index is 1590. The van der Waals surface area contributed by atoms with Crippen LogP contribution in [0.15, 0.2) is 48.5 Å². The molecular formula is C23H15N3O2S. The molecule has 0 bridgehead atoms. The largest absolute Gasteiger partial charge is 0.329 e. The number of carbonyl (C=O) groups excluding carboxylic acids is 2. The zero-order valence-electron chi connectivity index (χ0n) is 15.5. The smallest absolute Gasteiger partial charge is 0.259 e. The molecule has 1 atom stereocenters. The number of para-hydroxylation sites is 2. The van der Waals surface area contributed by atoms with E-state index in [-0.39, 0.29) is 17.2 Å². The van der Waals surface area contributed by atoms with Crippen LogP contribution in [0.1, 0.15) is 33.0 Å². The predicted molar refractivity (Wildman–Crippen MR) is 117 cm³/mol. The van der Waals surface area contributed by atoms with E-state index in [1.54, 1.807) is 0 Å². The van der Waals surface area contributed by atoms with Crippen molar-refractivity contribution in [3.8, 4) is 0 Å². The average Bonchev–Trinajstić information content (AvgIpc) is 3.30. The summed E-state index contributed by atoms with van der Waals surface area (Å²) in [5.74, 6) is 0.206. The fourth-order valence-electron chi connectivity index (χ4n) is 5.25. The summed E-state index contributed by atoms with van der Waals surface area (Å²) in [7, 11) is 0. The second kappa shape index (κ2) is 5.02.